The van der Waals surface area contributed by atoms with E-state index in [1.165, 1.54) is 22.8 Å². The molecule has 1 aromatic heterocycles. The Hall–Kier alpha value is -2.90. The summed E-state index contributed by atoms with van der Waals surface area (Å²) < 4.78 is 5.84. The molecule has 116 valence electrons. The topological polar surface area (TPSA) is 112 Å². The van der Waals surface area contributed by atoms with E-state index >= 15 is 0 Å². The summed E-state index contributed by atoms with van der Waals surface area (Å²) in [6.07, 6.45) is 1.45. The van der Waals surface area contributed by atoms with E-state index in [0.717, 1.165) is 6.42 Å². The predicted octanol–water partition coefficient (Wildman–Crippen LogP) is 1.95. The zero-order valence-corrected chi connectivity index (χ0v) is 11.8. The molecule has 0 saturated carbocycles. The minimum atomic E-state index is -0.703. The van der Waals surface area contributed by atoms with E-state index in [2.05, 4.69) is 4.74 Å². The second kappa shape index (κ2) is 6.25. The predicted molar refractivity (Wildman–Crippen MR) is 78.1 cm³/mol. The minimum Gasteiger partial charge on any atom is -0.504 e. The lowest BCUT2D eigenvalue weighted by molar-refractivity contribution is -0.384. The minimum absolute atomic E-state index is 0.0534. The summed E-state index contributed by atoms with van der Waals surface area (Å²) in [6.45, 7) is 2.28. The fourth-order valence-corrected chi connectivity index (χ4v) is 2.21. The van der Waals surface area contributed by atoms with Gasteiger partial charge in [-0.25, -0.2) is 0 Å². The van der Waals surface area contributed by atoms with Gasteiger partial charge in [0.15, 0.2) is 5.75 Å². The Morgan fingerprint density at radius 2 is 2.18 bits per heavy atom. The number of non-ortho nitro benzene ring substituents is 1. The van der Waals surface area contributed by atoms with E-state index < -0.39 is 22.0 Å². The number of carbonyl (C=O) groups excluding carboxylic acids is 1. The third-order valence-corrected chi connectivity index (χ3v) is 3.29. The maximum atomic E-state index is 12.3. The Bertz CT molecular complexity index is 796. The third-order valence-electron chi connectivity index (χ3n) is 3.29. The number of nitro benzene ring substituents is 1. The third kappa shape index (κ3) is 2.62. The molecule has 0 unspecified atom stereocenters. The van der Waals surface area contributed by atoms with Crippen molar-refractivity contribution in [1.29, 1.82) is 0 Å². The molecule has 1 N–H and O–H groups in total. The average Bonchev–Trinajstić information content (AvgIpc) is 2.51. The molecule has 8 heteroatoms. The Balaban J connectivity index is 2.83. The van der Waals surface area contributed by atoms with Gasteiger partial charge in [-0.15, -0.1) is 0 Å². The van der Waals surface area contributed by atoms with E-state index in [1.807, 2.05) is 6.92 Å². The smallest absolute Gasteiger partial charge is 0.298 e. The Morgan fingerprint density at radius 3 is 2.77 bits per heavy atom. The number of nitrogens with zero attached hydrogens (tertiary/aromatic N) is 2. The number of benzene rings is 1. The van der Waals surface area contributed by atoms with Crippen LogP contribution in [-0.2, 0) is 11.3 Å². The van der Waals surface area contributed by atoms with Crippen LogP contribution in [0, 0.1) is 10.1 Å². The summed E-state index contributed by atoms with van der Waals surface area (Å²) in [5, 5.41) is 21.2. The van der Waals surface area contributed by atoms with Crippen LogP contribution in [0.15, 0.2) is 23.0 Å². The van der Waals surface area contributed by atoms with Crippen LogP contribution >= 0.6 is 0 Å². The molecule has 22 heavy (non-hydrogen) atoms. The summed E-state index contributed by atoms with van der Waals surface area (Å²) in [5.74, 6) is -0.984. The van der Waals surface area contributed by atoms with Crippen LogP contribution in [0.1, 0.15) is 19.8 Å². The zero-order chi connectivity index (χ0) is 16.3. The number of rotatable bonds is 6. The molecule has 0 saturated heterocycles. The Labute approximate surface area is 124 Å². The number of fused-ring (bicyclic) bond motifs is 1. The van der Waals surface area contributed by atoms with Gasteiger partial charge in [-0.3, -0.25) is 19.7 Å². The van der Waals surface area contributed by atoms with Gasteiger partial charge in [0.2, 0.25) is 5.75 Å². The molecule has 0 atom stereocenters. The molecule has 0 fully saturated rings. The van der Waals surface area contributed by atoms with Crippen molar-refractivity contribution < 1.29 is 19.6 Å². The van der Waals surface area contributed by atoms with E-state index in [4.69, 9.17) is 0 Å². The molecule has 0 bridgehead atoms. The molecular weight excluding hydrogens is 292 g/mol. The van der Waals surface area contributed by atoms with Gasteiger partial charge in [0, 0.05) is 24.1 Å². The maximum Gasteiger partial charge on any atom is 0.298 e. The second-order valence-electron chi connectivity index (χ2n) is 4.66. The number of hydrogen-bond acceptors (Lipinski definition) is 6. The number of hydrogen-bond donors (Lipinski definition) is 1. The number of carbonyl (C=O) groups is 1. The van der Waals surface area contributed by atoms with Gasteiger partial charge in [-0.1, -0.05) is 13.3 Å². The molecule has 0 spiro atoms. The Morgan fingerprint density at radius 1 is 1.45 bits per heavy atom. The molecule has 8 nitrogen and oxygen atoms in total. The number of ether oxygens (including phenoxy) is 1. The molecule has 0 aliphatic carbocycles. The summed E-state index contributed by atoms with van der Waals surface area (Å²) >= 11 is 0. The number of nitro groups is 1. The van der Waals surface area contributed by atoms with Crippen molar-refractivity contribution >= 4 is 23.1 Å². The first-order chi connectivity index (χ1) is 10.5. The molecule has 1 aromatic carbocycles. The van der Waals surface area contributed by atoms with Crippen molar-refractivity contribution in [3.63, 3.8) is 0 Å². The summed E-state index contributed by atoms with van der Waals surface area (Å²) in [4.78, 5) is 33.2. The van der Waals surface area contributed by atoms with Crippen LogP contribution in [0.5, 0.6) is 11.5 Å². The highest BCUT2D eigenvalue weighted by molar-refractivity contribution is 5.89. The van der Waals surface area contributed by atoms with Gasteiger partial charge in [0.25, 0.3) is 17.7 Å². The van der Waals surface area contributed by atoms with Crippen molar-refractivity contribution in [3.8, 4) is 11.5 Å². The van der Waals surface area contributed by atoms with Gasteiger partial charge < -0.3 is 14.4 Å². The van der Waals surface area contributed by atoms with E-state index in [9.17, 15) is 24.8 Å². The number of aromatic nitrogens is 1. The normalized spacial score (nSPS) is 10.6. The highest BCUT2D eigenvalue weighted by Crippen LogP contribution is 2.33. The van der Waals surface area contributed by atoms with Crippen molar-refractivity contribution in [2.75, 3.05) is 0 Å². The molecule has 1 heterocycles. The number of aromatic hydroxyl groups is 1. The largest absolute Gasteiger partial charge is 0.504 e. The van der Waals surface area contributed by atoms with Crippen LogP contribution in [0.25, 0.3) is 10.9 Å². The molecular formula is C14H14N2O6. The monoisotopic (exact) mass is 306 g/mol. The van der Waals surface area contributed by atoms with Gasteiger partial charge >= 0.3 is 0 Å². The van der Waals surface area contributed by atoms with Gasteiger partial charge in [-0.05, 0) is 12.5 Å². The first kappa shape index (κ1) is 15.5. The molecule has 0 aliphatic heterocycles. The van der Waals surface area contributed by atoms with Gasteiger partial charge in [-0.2, -0.15) is 0 Å². The zero-order valence-electron chi connectivity index (χ0n) is 11.8. The number of pyridine rings is 1. The number of unbranched alkanes of at least 4 members (excludes halogenated alkanes) is 1. The lowest BCUT2D eigenvalue weighted by Gasteiger charge is -2.13. The summed E-state index contributed by atoms with van der Waals surface area (Å²) in [6, 6.07) is 3.75. The average molecular weight is 306 g/mol. The van der Waals surface area contributed by atoms with E-state index in [1.54, 1.807) is 0 Å². The summed E-state index contributed by atoms with van der Waals surface area (Å²) in [7, 11) is 0. The van der Waals surface area contributed by atoms with Crippen molar-refractivity contribution in [2.45, 2.75) is 26.3 Å². The molecule has 2 rings (SSSR count). The lowest BCUT2D eigenvalue weighted by atomic mass is 10.1. The van der Waals surface area contributed by atoms with E-state index in [-0.39, 0.29) is 23.1 Å². The first-order valence-corrected chi connectivity index (χ1v) is 6.65. The first-order valence-electron chi connectivity index (χ1n) is 6.65. The number of aryl methyl sites for hydroxylation is 1. The van der Waals surface area contributed by atoms with Gasteiger partial charge in [0.1, 0.15) is 0 Å². The maximum absolute atomic E-state index is 12.3. The molecule has 0 radical (unpaired) electrons. The quantitative estimate of drug-likeness (QED) is 0.496. The fraction of sp³-hybridized carbons (Fsp3) is 0.286. The van der Waals surface area contributed by atoms with E-state index in [0.29, 0.717) is 13.0 Å². The fourth-order valence-electron chi connectivity index (χ4n) is 2.21. The Kier molecular flexibility index (Phi) is 4.40. The standard InChI is InChI=1S/C14H14N2O6/c1-2-3-6-15-11-7-9(16(20)21)4-5-10(11)12(18)13(14(15)19)22-8-17/h4-5,7-8,18H,2-3,6H2,1H3. The molecule has 0 amide bonds. The van der Waals surface area contributed by atoms with Crippen molar-refractivity contribution in [1.82, 2.24) is 4.57 Å². The summed E-state index contributed by atoms with van der Waals surface area (Å²) in [5.41, 5.74) is -0.671. The highest BCUT2D eigenvalue weighted by Gasteiger charge is 2.19. The van der Waals surface area contributed by atoms with Crippen LogP contribution in [0.3, 0.4) is 0 Å². The van der Waals surface area contributed by atoms with Gasteiger partial charge in [0.05, 0.1) is 10.4 Å². The SMILES string of the molecule is CCCCn1c(=O)c(OC=O)c(O)c2ccc([N+](=O)[O-])cc21. The van der Waals surface area contributed by atoms with Crippen molar-refractivity contribution in [2.24, 2.45) is 0 Å². The van der Waals surface area contributed by atoms with Crippen LogP contribution in [0.4, 0.5) is 5.69 Å². The van der Waals surface area contributed by atoms with Crippen LogP contribution in [0.2, 0.25) is 0 Å². The van der Waals surface area contributed by atoms with Crippen molar-refractivity contribution in [3.05, 3.63) is 38.7 Å². The highest BCUT2D eigenvalue weighted by atomic mass is 16.6. The van der Waals surface area contributed by atoms with Crippen LogP contribution in [-0.4, -0.2) is 21.1 Å². The van der Waals surface area contributed by atoms with Crippen LogP contribution < -0.4 is 10.3 Å². The second-order valence-corrected chi connectivity index (χ2v) is 4.66. The lowest BCUT2D eigenvalue weighted by Crippen LogP contribution is -2.22. The molecule has 2 aromatic rings. The molecule has 0 aliphatic rings.